The average Bonchev–Trinajstić information content (AvgIpc) is 2.65. The van der Waals surface area contributed by atoms with Gasteiger partial charge in [-0.2, -0.15) is 21.6 Å². The van der Waals surface area contributed by atoms with Gasteiger partial charge in [0.25, 0.3) is 0 Å². The molecule has 0 heterocycles. The molecule has 0 atom stereocenters. The number of halogens is 6. The van der Waals surface area contributed by atoms with E-state index in [4.69, 9.17) is 4.74 Å². The SMILES string of the molecule is O=S(=O)(Nc1ccc2c(OCc3ccc(OC(F)(F)F)cc3)cccc2c1)C(F)(F)F. The summed E-state index contributed by atoms with van der Waals surface area (Å²) in [6, 6.07) is 13.5. The largest absolute Gasteiger partial charge is 0.573 e. The molecule has 1 N–H and O–H groups in total. The number of benzene rings is 3. The number of sulfonamides is 1. The van der Waals surface area contributed by atoms with Crippen molar-refractivity contribution in [3.05, 3.63) is 66.2 Å². The van der Waals surface area contributed by atoms with Crippen molar-refractivity contribution < 1.29 is 44.2 Å². The standard InChI is InChI=1S/C19H13F6NO4S/c20-18(21,22)30-15-7-4-12(5-8-15)11-29-17-3-1-2-13-10-14(6-9-16(13)17)26-31(27,28)19(23,24)25/h1-10,26H,11H2. The molecular formula is C19H13F6NO4S. The van der Waals surface area contributed by atoms with Crippen molar-refractivity contribution in [1.82, 2.24) is 0 Å². The molecule has 0 amide bonds. The Kier molecular flexibility index (Phi) is 5.94. The summed E-state index contributed by atoms with van der Waals surface area (Å²) in [5.41, 5.74) is -5.18. The molecule has 0 saturated carbocycles. The Bertz CT molecular complexity index is 1170. The predicted octanol–water partition coefficient (Wildman–Crippen LogP) is 5.58. The molecule has 0 spiro atoms. The van der Waals surface area contributed by atoms with Crippen LogP contribution in [0.2, 0.25) is 0 Å². The molecule has 12 heteroatoms. The third-order valence-corrected chi connectivity index (χ3v) is 5.06. The molecule has 166 valence electrons. The molecule has 5 nitrogen and oxygen atoms in total. The van der Waals surface area contributed by atoms with E-state index in [1.54, 1.807) is 18.2 Å². The van der Waals surface area contributed by atoms with Gasteiger partial charge < -0.3 is 9.47 Å². The van der Waals surface area contributed by atoms with E-state index < -0.39 is 21.9 Å². The van der Waals surface area contributed by atoms with Crippen molar-refractivity contribution in [3.8, 4) is 11.5 Å². The van der Waals surface area contributed by atoms with Crippen LogP contribution in [0.4, 0.5) is 32.0 Å². The number of rotatable bonds is 6. The van der Waals surface area contributed by atoms with Gasteiger partial charge in [-0.1, -0.05) is 24.3 Å². The summed E-state index contributed by atoms with van der Waals surface area (Å²) < 4.78 is 108. The fourth-order valence-corrected chi connectivity index (χ4v) is 3.16. The van der Waals surface area contributed by atoms with Crippen molar-refractivity contribution in [3.63, 3.8) is 0 Å². The van der Waals surface area contributed by atoms with Gasteiger partial charge in [0.15, 0.2) is 0 Å². The average molecular weight is 465 g/mol. The van der Waals surface area contributed by atoms with Crippen LogP contribution in [0.25, 0.3) is 10.8 Å². The zero-order chi connectivity index (χ0) is 22.9. The van der Waals surface area contributed by atoms with Gasteiger partial charge in [-0.15, -0.1) is 13.2 Å². The molecule has 31 heavy (non-hydrogen) atoms. The lowest BCUT2D eigenvalue weighted by Gasteiger charge is -2.13. The molecule has 0 saturated heterocycles. The predicted molar refractivity (Wildman–Crippen MR) is 100 cm³/mol. The van der Waals surface area contributed by atoms with Crippen LogP contribution in [0.3, 0.4) is 0 Å². The molecule has 0 aliphatic heterocycles. The number of alkyl halides is 6. The Morgan fingerprint density at radius 3 is 2.16 bits per heavy atom. The van der Waals surface area contributed by atoms with Crippen LogP contribution in [0.1, 0.15) is 5.56 Å². The highest BCUT2D eigenvalue weighted by Gasteiger charge is 2.46. The fraction of sp³-hybridized carbons (Fsp3) is 0.158. The molecule has 3 rings (SSSR count). The van der Waals surface area contributed by atoms with Crippen molar-refractivity contribution >= 4 is 26.5 Å². The maximum absolute atomic E-state index is 12.5. The monoisotopic (exact) mass is 465 g/mol. The van der Waals surface area contributed by atoms with E-state index in [0.717, 1.165) is 18.2 Å². The van der Waals surface area contributed by atoms with E-state index in [0.29, 0.717) is 22.1 Å². The molecule has 3 aromatic carbocycles. The number of hydrogen-bond donors (Lipinski definition) is 1. The Balaban J connectivity index is 1.75. The van der Waals surface area contributed by atoms with Crippen LogP contribution in [-0.4, -0.2) is 20.3 Å². The second-order valence-corrected chi connectivity index (χ2v) is 7.90. The number of nitrogens with one attached hydrogen (secondary N) is 1. The van der Waals surface area contributed by atoms with E-state index >= 15 is 0 Å². The number of anilines is 1. The molecule has 0 bridgehead atoms. The van der Waals surface area contributed by atoms with E-state index in [9.17, 15) is 34.8 Å². The summed E-state index contributed by atoms with van der Waals surface area (Å²) >= 11 is 0. The van der Waals surface area contributed by atoms with Crippen molar-refractivity contribution in [2.45, 2.75) is 18.5 Å². The highest BCUT2D eigenvalue weighted by molar-refractivity contribution is 7.93. The quantitative estimate of drug-likeness (QED) is 0.483. The molecule has 0 aliphatic carbocycles. The van der Waals surface area contributed by atoms with E-state index in [2.05, 4.69) is 4.74 Å². The second-order valence-electron chi connectivity index (χ2n) is 6.22. The third-order valence-electron chi connectivity index (χ3n) is 3.95. The molecule has 3 aromatic rings. The minimum atomic E-state index is -5.55. The lowest BCUT2D eigenvalue weighted by molar-refractivity contribution is -0.274. The number of ether oxygens (including phenoxy) is 2. The van der Waals surface area contributed by atoms with E-state index in [1.165, 1.54) is 29.0 Å². The molecule has 0 radical (unpaired) electrons. The summed E-state index contributed by atoms with van der Waals surface area (Å²) in [6.45, 7) is -0.00609. The lowest BCUT2D eigenvalue weighted by Crippen LogP contribution is -2.29. The highest BCUT2D eigenvalue weighted by Crippen LogP contribution is 2.31. The van der Waals surface area contributed by atoms with Crippen LogP contribution in [0, 0.1) is 0 Å². The van der Waals surface area contributed by atoms with Crippen LogP contribution < -0.4 is 14.2 Å². The summed E-state index contributed by atoms with van der Waals surface area (Å²) in [6.07, 6.45) is -4.80. The normalized spacial score (nSPS) is 12.6. The van der Waals surface area contributed by atoms with Gasteiger partial charge in [0.05, 0.1) is 0 Å². The van der Waals surface area contributed by atoms with E-state index in [-0.39, 0.29) is 18.0 Å². The molecule has 0 unspecified atom stereocenters. The fourth-order valence-electron chi connectivity index (χ4n) is 2.60. The van der Waals surface area contributed by atoms with Crippen LogP contribution >= 0.6 is 0 Å². The molecular weight excluding hydrogens is 452 g/mol. The maximum Gasteiger partial charge on any atom is 0.573 e. The van der Waals surface area contributed by atoms with Gasteiger partial charge in [-0.25, -0.2) is 0 Å². The number of fused-ring (bicyclic) bond motifs is 1. The Morgan fingerprint density at radius 1 is 0.871 bits per heavy atom. The first kappa shape index (κ1) is 22.5. The van der Waals surface area contributed by atoms with E-state index in [1.807, 2.05) is 0 Å². The second kappa shape index (κ2) is 8.17. The summed E-state index contributed by atoms with van der Waals surface area (Å²) in [5, 5.41) is 0.906. The zero-order valence-electron chi connectivity index (χ0n) is 15.3. The van der Waals surface area contributed by atoms with Gasteiger partial charge in [-0.05, 0) is 47.3 Å². The Morgan fingerprint density at radius 2 is 1.55 bits per heavy atom. The first-order chi connectivity index (χ1) is 14.3. The first-order valence-corrected chi connectivity index (χ1v) is 9.92. The highest BCUT2D eigenvalue weighted by atomic mass is 32.2. The molecule has 0 aliphatic rings. The van der Waals surface area contributed by atoms with Gasteiger partial charge in [0, 0.05) is 11.1 Å². The smallest absolute Gasteiger partial charge is 0.488 e. The third kappa shape index (κ3) is 5.72. The van der Waals surface area contributed by atoms with Crippen LogP contribution in [0.5, 0.6) is 11.5 Å². The minimum Gasteiger partial charge on any atom is -0.488 e. The van der Waals surface area contributed by atoms with Gasteiger partial charge in [0.2, 0.25) is 0 Å². The zero-order valence-corrected chi connectivity index (χ0v) is 16.1. The van der Waals surface area contributed by atoms with Gasteiger partial charge in [0.1, 0.15) is 18.1 Å². The minimum absolute atomic E-state index is 0.00609. The van der Waals surface area contributed by atoms with Gasteiger partial charge >= 0.3 is 21.9 Å². The van der Waals surface area contributed by atoms with Crippen molar-refractivity contribution in [2.75, 3.05) is 4.72 Å². The Labute approximate surface area is 172 Å². The van der Waals surface area contributed by atoms with Crippen LogP contribution in [0.15, 0.2) is 60.7 Å². The molecule has 0 aromatic heterocycles. The maximum atomic E-state index is 12.5. The van der Waals surface area contributed by atoms with Crippen molar-refractivity contribution in [1.29, 1.82) is 0 Å². The van der Waals surface area contributed by atoms with Gasteiger partial charge in [-0.3, -0.25) is 4.72 Å². The summed E-state index contributed by atoms with van der Waals surface area (Å²) in [4.78, 5) is 0. The van der Waals surface area contributed by atoms with Crippen LogP contribution in [-0.2, 0) is 16.6 Å². The summed E-state index contributed by atoms with van der Waals surface area (Å²) in [7, 11) is -5.55. The van der Waals surface area contributed by atoms with Crippen molar-refractivity contribution in [2.24, 2.45) is 0 Å². The molecule has 0 fully saturated rings. The number of hydrogen-bond acceptors (Lipinski definition) is 4. The lowest BCUT2D eigenvalue weighted by atomic mass is 10.1. The summed E-state index contributed by atoms with van der Waals surface area (Å²) in [5.74, 6) is -0.0337. The first-order valence-electron chi connectivity index (χ1n) is 8.43. The Hall–Kier alpha value is -3.15. The topological polar surface area (TPSA) is 64.6 Å².